The smallest absolute Gasteiger partial charge is 0.251 e. The second kappa shape index (κ2) is 11.5. The number of aliphatic imine (C=N–C) groups is 1. The summed E-state index contributed by atoms with van der Waals surface area (Å²) in [6.07, 6.45) is 0. The SMILES string of the molecule is CCNC(=NCCNC(=O)c1ccccc1)Nc1ccc(OCC)c(OC)c1. The van der Waals surface area contributed by atoms with Gasteiger partial charge in [0.25, 0.3) is 5.91 Å². The van der Waals surface area contributed by atoms with E-state index >= 15 is 0 Å². The molecule has 0 aliphatic carbocycles. The van der Waals surface area contributed by atoms with Gasteiger partial charge in [0.1, 0.15) is 0 Å². The second-order valence-corrected chi connectivity index (χ2v) is 5.81. The van der Waals surface area contributed by atoms with E-state index in [1.165, 1.54) is 0 Å². The first kappa shape index (κ1) is 21.1. The van der Waals surface area contributed by atoms with Crippen molar-refractivity contribution in [2.45, 2.75) is 13.8 Å². The third kappa shape index (κ3) is 6.50. The van der Waals surface area contributed by atoms with Crippen molar-refractivity contribution < 1.29 is 14.3 Å². The van der Waals surface area contributed by atoms with Gasteiger partial charge in [0.05, 0.1) is 20.3 Å². The van der Waals surface area contributed by atoms with E-state index in [0.717, 1.165) is 12.2 Å². The highest BCUT2D eigenvalue weighted by Gasteiger charge is 2.07. The van der Waals surface area contributed by atoms with Gasteiger partial charge in [-0.3, -0.25) is 9.79 Å². The van der Waals surface area contributed by atoms with E-state index in [-0.39, 0.29) is 5.91 Å². The molecule has 7 heteroatoms. The lowest BCUT2D eigenvalue weighted by molar-refractivity contribution is 0.0955. The number of anilines is 1. The minimum Gasteiger partial charge on any atom is -0.493 e. The lowest BCUT2D eigenvalue weighted by atomic mass is 10.2. The molecule has 0 aliphatic heterocycles. The summed E-state index contributed by atoms with van der Waals surface area (Å²) in [5.41, 5.74) is 1.46. The minimum absolute atomic E-state index is 0.106. The first-order valence-corrected chi connectivity index (χ1v) is 9.37. The number of carbonyl (C=O) groups is 1. The molecule has 0 radical (unpaired) electrons. The molecule has 0 spiro atoms. The molecular formula is C21H28N4O3. The van der Waals surface area contributed by atoms with Gasteiger partial charge in [-0.15, -0.1) is 0 Å². The van der Waals surface area contributed by atoms with Crippen LogP contribution in [-0.2, 0) is 0 Å². The number of benzene rings is 2. The summed E-state index contributed by atoms with van der Waals surface area (Å²) in [7, 11) is 1.61. The maximum absolute atomic E-state index is 12.0. The molecule has 2 aromatic rings. The van der Waals surface area contributed by atoms with Crippen molar-refractivity contribution in [2.24, 2.45) is 4.99 Å². The minimum atomic E-state index is -0.106. The third-order valence-corrected chi connectivity index (χ3v) is 3.77. The van der Waals surface area contributed by atoms with Gasteiger partial charge in [-0.1, -0.05) is 18.2 Å². The molecule has 0 aromatic heterocycles. The monoisotopic (exact) mass is 384 g/mol. The van der Waals surface area contributed by atoms with Crippen LogP contribution in [0.2, 0.25) is 0 Å². The summed E-state index contributed by atoms with van der Waals surface area (Å²) < 4.78 is 10.9. The quantitative estimate of drug-likeness (QED) is 0.352. The van der Waals surface area contributed by atoms with Crippen molar-refractivity contribution in [1.29, 1.82) is 0 Å². The van der Waals surface area contributed by atoms with Crippen molar-refractivity contribution in [3.8, 4) is 11.5 Å². The Hall–Kier alpha value is -3.22. The highest BCUT2D eigenvalue weighted by molar-refractivity contribution is 5.95. The standard InChI is InChI=1S/C21H28N4O3/c1-4-22-21(24-14-13-23-20(26)16-9-7-6-8-10-16)25-17-11-12-18(28-5-2)19(15-17)27-3/h6-12,15H,4-5,13-14H2,1-3H3,(H,23,26)(H2,22,24,25). The Kier molecular flexibility index (Phi) is 8.65. The van der Waals surface area contributed by atoms with Crippen LogP contribution >= 0.6 is 0 Å². The van der Waals surface area contributed by atoms with Crippen molar-refractivity contribution in [1.82, 2.24) is 10.6 Å². The number of hydrogen-bond acceptors (Lipinski definition) is 4. The van der Waals surface area contributed by atoms with Crippen molar-refractivity contribution in [3.05, 3.63) is 54.1 Å². The topological polar surface area (TPSA) is 84.0 Å². The lowest BCUT2D eigenvalue weighted by Gasteiger charge is -2.14. The van der Waals surface area contributed by atoms with Crippen LogP contribution in [0.3, 0.4) is 0 Å². The van der Waals surface area contributed by atoms with E-state index in [4.69, 9.17) is 9.47 Å². The Morgan fingerprint density at radius 3 is 2.50 bits per heavy atom. The summed E-state index contributed by atoms with van der Waals surface area (Å²) in [5, 5.41) is 9.28. The summed E-state index contributed by atoms with van der Waals surface area (Å²) in [5.74, 6) is 1.87. The zero-order valence-electron chi connectivity index (χ0n) is 16.6. The van der Waals surface area contributed by atoms with Gasteiger partial charge < -0.3 is 25.4 Å². The van der Waals surface area contributed by atoms with E-state index in [2.05, 4.69) is 20.9 Å². The van der Waals surface area contributed by atoms with Gasteiger partial charge in [-0.2, -0.15) is 0 Å². The number of methoxy groups -OCH3 is 1. The van der Waals surface area contributed by atoms with Gasteiger partial charge in [0.15, 0.2) is 17.5 Å². The summed E-state index contributed by atoms with van der Waals surface area (Å²) in [4.78, 5) is 16.5. The number of guanidine groups is 1. The molecule has 0 fully saturated rings. The molecule has 28 heavy (non-hydrogen) atoms. The molecule has 0 aliphatic rings. The summed E-state index contributed by atoms with van der Waals surface area (Å²) in [6.45, 7) is 6.10. The number of nitrogens with zero attached hydrogens (tertiary/aromatic N) is 1. The molecule has 1 amide bonds. The average molecular weight is 384 g/mol. The highest BCUT2D eigenvalue weighted by atomic mass is 16.5. The molecule has 3 N–H and O–H groups in total. The summed E-state index contributed by atoms with van der Waals surface area (Å²) in [6, 6.07) is 14.7. The highest BCUT2D eigenvalue weighted by Crippen LogP contribution is 2.30. The molecule has 0 saturated heterocycles. The number of amides is 1. The molecule has 150 valence electrons. The normalized spacial score (nSPS) is 10.9. The number of hydrogen-bond donors (Lipinski definition) is 3. The molecule has 0 heterocycles. The number of ether oxygens (including phenoxy) is 2. The van der Waals surface area contributed by atoms with Crippen LogP contribution in [0.1, 0.15) is 24.2 Å². The van der Waals surface area contributed by atoms with Crippen LogP contribution in [0.25, 0.3) is 0 Å². The number of nitrogens with one attached hydrogen (secondary N) is 3. The van der Waals surface area contributed by atoms with E-state index < -0.39 is 0 Å². The zero-order valence-corrected chi connectivity index (χ0v) is 16.6. The molecule has 0 unspecified atom stereocenters. The Balaban J connectivity index is 1.94. The van der Waals surface area contributed by atoms with Crippen LogP contribution in [0.15, 0.2) is 53.5 Å². The number of carbonyl (C=O) groups excluding carboxylic acids is 1. The van der Waals surface area contributed by atoms with Crippen molar-refractivity contribution in [3.63, 3.8) is 0 Å². The summed E-state index contributed by atoms with van der Waals surface area (Å²) >= 11 is 0. The largest absolute Gasteiger partial charge is 0.493 e. The average Bonchev–Trinajstić information content (AvgIpc) is 2.73. The first-order chi connectivity index (χ1) is 13.7. The fraction of sp³-hybridized carbons (Fsp3) is 0.333. The molecule has 0 atom stereocenters. The maximum atomic E-state index is 12.0. The van der Waals surface area contributed by atoms with Gasteiger partial charge in [-0.25, -0.2) is 0 Å². The van der Waals surface area contributed by atoms with E-state index in [9.17, 15) is 4.79 Å². The van der Waals surface area contributed by atoms with E-state index in [1.807, 2.05) is 50.2 Å². The Morgan fingerprint density at radius 1 is 1.04 bits per heavy atom. The fourth-order valence-corrected chi connectivity index (χ4v) is 2.49. The van der Waals surface area contributed by atoms with Crippen LogP contribution < -0.4 is 25.4 Å². The molecule has 0 saturated carbocycles. The van der Waals surface area contributed by atoms with Crippen molar-refractivity contribution >= 4 is 17.6 Å². The van der Waals surface area contributed by atoms with Crippen LogP contribution in [-0.4, -0.2) is 45.2 Å². The molecule has 2 rings (SSSR count). The van der Waals surface area contributed by atoms with E-state index in [0.29, 0.717) is 42.7 Å². The second-order valence-electron chi connectivity index (χ2n) is 5.81. The Morgan fingerprint density at radius 2 is 1.82 bits per heavy atom. The molecule has 0 bridgehead atoms. The van der Waals surface area contributed by atoms with Gasteiger partial charge in [-0.05, 0) is 38.1 Å². The number of rotatable bonds is 9. The van der Waals surface area contributed by atoms with Gasteiger partial charge >= 0.3 is 0 Å². The van der Waals surface area contributed by atoms with Crippen molar-refractivity contribution in [2.75, 3.05) is 38.7 Å². The fourth-order valence-electron chi connectivity index (χ4n) is 2.49. The first-order valence-electron chi connectivity index (χ1n) is 9.37. The third-order valence-electron chi connectivity index (χ3n) is 3.77. The Bertz CT molecular complexity index is 778. The van der Waals surface area contributed by atoms with Crippen LogP contribution in [0.4, 0.5) is 5.69 Å². The van der Waals surface area contributed by atoms with Gasteiger partial charge in [0, 0.05) is 30.4 Å². The van der Waals surface area contributed by atoms with Gasteiger partial charge in [0.2, 0.25) is 0 Å². The lowest BCUT2D eigenvalue weighted by Crippen LogP contribution is -2.32. The predicted molar refractivity (Wildman–Crippen MR) is 113 cm³/mol. The van der Waals surface area contributed by atoms with Crippen LogP contribution in [0.5, 0.6) is 11.5 Å². The predicted octanol–water partition coefficient (Wildman–Crippen LogP) is 2.90. The van der Waals surface area contributed by atoms with E-state index in [1.54, 1.807) is 19.2 Å². The molecule has 7 nitrogen and oxygen atoms in total. The maximum Gasteiger partial charge on any atom is 0.251 e. The molecule has 2 aromatic carbocycles. The molecular weight excluding hydrogens is 356 g/mol. The van der Waals surface area contributed by atoms with Crippen LogP contribution in [0, 0.1) is 0 Å². The Labute approximate surface area is 166 Å². The zero-order chi connectivity index (χ0) is 20.2.